The number of carboxylic acids is 1. The van der Waals surface area contributed by atoms with Gasteiger partial charge >= 0.3 is 5.97 Å². The van der Waals surface area contributed by atoms with Gasteiger partial charge in [0.05, 0.1) is 0 Å². The molecule has 0 fully saturated rings. The van der Waals surface area contributed by atoms with Crippen molar-refractivity contribution in [2.75, 3.05) is 6.61 Å². The molecule has 5 nitrogen and oxygen atoms in total. The Morgan fingerprint density at radius 3 is 2.76 bits per heavy atom. The van der Waals surface area contributed by atoms with Crippen molar-refractivity contribution in [2.24, 2.45) is 5.73 Å². The summed E-state index contributed by atoms with van der Waals surface area (Å²) in [7, 11) is 0. The normalized spacial score (nSPS) is 11.0. The van der Waals surface area contributed by atoms with E-state index in [-0.39, 0.29) is 12.2 Å². The minimum Gasteiger partial charge on any atom is -0.489 e. The summed E-state index contributed by atoms with van der Waals surface area (Å²) in [5, 5.41) is 8.61. The van der Waals surface area contributed by atoms with Crippen LogP contribution in [0.3, 0.4) is 0 Å². The van der Waals surface area contributed by atoms with E-state index in [1.807, 2.05) is 0 Å². The molecule has 0 aromatic heterocycles. The molecule has 0 radical (unpaired) electrons. The van der Waals surface area contributed by atoms with E-state index < -0.39 is 11.9 Å². The Bertz CT molecular complexity index is 465. The molecule has 1 amide bonds. The molecule has 90 valence electrons. The molecule has 0 atom stereocenters. The van der Waals surface area contributed by atoms with Crippen LogP contribution in [0.5, 0.6) is 5.75 Å². The number of hydrogen-bond acceptors (Lipinski definition) is 3. The molecule has 0 saturated carbocycles. The number of primary amides is 1. The summed E-state index contributed by atoms with van der Waals surface area (Å²) in [6.45, 7) is 1.60. The molecule has 0 aliphatic carbocycles. The summed E-state index contributed by atoms with van der Waals surface area (Å²) in [6, 6.07) is 6.39. The molecule has 1 aromatic carbocycles. The van der Waals surface area contributed by atoms with Crippen molar-refractivity contribution < 1.29 is 19.4 Å². The first-order valence-electron chi connectivity index (χ1n) is 4.93. The van der Waals surface area contributed by atoms with Crippen LogP contribution < -0.4 is 10.5 Å². The van der Waals surface area contributed by atoms with Gasteiger partial charge in [-0.05, 0) is 31.2 Å². The van der Waals surface area contributed by atoms with Crippen molar-refractivity contribution in [3.8, 4) is 5.75 Å². The standard InChI is InChI=1S/C12H13NO4/c1-8(12(15)16)5-6-17-10-4-2-3-9(7-10)11(13)14/h2-5,7H,6H2,1H3,(H2,13,14)(H,15,16). The number of benzene rings is 1. The lowest BCUT2D eigenvalue weighted by Gasteiger charge is -2.04. The second-order valence-electron chi connectivity index (χ2n) is 3.40. The molecule has 0 saturated heterocycles. The average Bonchev–Trinajstić information content (AvgIpc) is 2.29. The zero-order chi connectivity index (χ0) is 12.8. The topological polar surface area (TPSA) is 89.6 Å². The smallest absolute Gasteiger partial charge is 0.331 e. The number of amides is 1. The van der Waals surface area contributed by atoms with Gasteiger partial charge in [-0.15, -0.1) is 0 Å². The molecule has 1 rings (SSSR count). The average molecular weight is 235 g/mol. The highest BCUT2D eigenvalue weighted by Gasteiger charge is 2.02. The van der Waals surface area contributed by atoms with Crippen LogP contribution in [-0.4, -0.2) is 23.6 Å². The van der Waals surface area contributed by atoms with Crippen molar-refractivity contribution in [1.29, 1.82) is 0 Å². The number of ether oxygens (including phenoxy) is 1. The van der Waals surface area contributed by atoms with Gasteiger partial charge in [0.1, 0.15) is 12.4 Å². The highest BCUT2D eigenvalue weighted by Crippen LogP contribution is 2.12. The molecular weight excluding hydrogens is 222 g/mol. The Kier molecular flexibility index (Phi) is 4.28. The Hall–Kier alpha value is -2.30. The van der Waals surface area contributed by atoms with Gasteiger partial charge in [0.25, 0.3) is 0 Å². The summed E-state index contributed by atoms with van der Waals surface area (Å²) < 4.78 is 5.27. The molecule has 0 spiro atoms. The third kappa shape index (κ3) is 3.98. The lowest BCUT2D eigenvalue weighted by molar-refractivity contribution is -0.132. The maximum atomic E-state index is 10.9. The SMILES string of the molecule is CC(=CCOc1cccc(C(N)=O)c1)C(=O)O. The van der Waals surface area contributed by atoms with E-state index in [1.165, 1.54) is 19.1 Å². The molecule has 0 unspecified atom stereocenters. The third-order valence-electron chi connectivity index (χ3n) is 2.10. The lowest BCUT2D eigenvalue weighted by atomic mass is 10.2. The molecule has 17 heavy (non-hydrogen) atoms. The molecular formula is C12H13NO4. The van der Waals surface area contributed by atoms with Crippen LogP contribution in [0, 0.1) is 0 Å². The van der Waals surface area contributed by atoms with Crippen LogP contribution >= 0.6 is 0 Å². The Labute approximate surface area is 98.5 Å². The van der Waals surface area contributed by atoms with E-state index in [0.717, 1.165) is 0 Å². The first kappa shape index (κ1) is 12.8. The molecule has 1 aromatic rings. The van der Waals surface area contributed by atoms with Crippen molar-refractivity contribution in [3.63, 3.8) is 0 Å². The van der Waals surface area contributed by atoms with E-state index in [9.17, 15) is 9.59 Å². The molecule has 3 N–H and O–H groups in total. The number of aliphatic carboxylic acids is 1. The summed E-state index contributed by atoms with van der Waals surface area (Å²) in [4.78, 5) is 21.4. The van der Waals surface area contributed by atoms with Crippen LogP contribution in [0.15, 0.2) is 35.9 Å². The lowest BCUT2D eigenvalue weighted by Crippen LogP contribution is -2.10. The summed E-state index contributed by atoms with van der Waals surface area (Å²) >= 11 is 0. The van der Waals surface area contributed by atoms with Crippen LogP contribution in [0.4, 0.5) is 0 Å². The van der Waals surface area contributed by atoms with Crippen LogP contribution in [0.2, 0.25) is 0 Å². The van der Waals surface area contributed by atoms with Crippen molar-refractivity contribution >= 4 is 11.9 Å². The Morgan fingerprint density at radius 2 is 2.18 bits per heavy atom. The first-order valence-corrected chi connectivity index (χ1v) is 4.93. The zero-order valence-electron chi connectivity index (χ0n) is 9.34. The third-order valence-corrected chi connectivity index (χ3v) is 2.10. The first-order chi connectivity index (χ1) is 8.00. The molecule has 0 heterocycles. The van der Waals surface area contributed by atoms with E-state index in [2.05, 4.69) is 0 Å². The Morgan fingerprint density at radius 1 is 1.47 bits per heavy atom. The highest BCUT2D eigenvalue weighted by atomic mass is 16.5. The number of hydrogen-bond donors (Lipinski definition) is 2. The van der Waals surface area contributed by atoms with Gasteiger partial charge in [-0.1, -0.05) is 6.07 Å². The number of carbonyl (C=O) groups is 2. The molecule has 0 aliphatic rings. The minimum atomic E-state index is -0.987. The van der Waals surface area contributed by atoms with Crippen molar-refractivity contribution in [1.82, 2.24) is 0 Å². The number of carbonyl (C=O) groups excluding carboxylic acids is 1. The fraction of sp³-hybridized carbons (Fsp3) is 0.167. The van der Waals surface area contributed by atoms with Crippen LogP contribution in [0.25, 0.3) is 0 Å². The van der Waals surface area contributed by atoms with Gasteiger partial charge in [0.2, 0.25) is 5.91 Å². The minimum absolute atomic E-state index is 0.125. The van der Waals surface area contributed by atoms with Gasteiger partial charge < -0.3 is 15.6 Å². The largest absolute Gasteiger partial charge is 0.489 e. The van der Waals surface area contributed by atoms with Crippen LogP contribution in [0.1, 0.15) is 17.3 Å². The van der Waals surface area contributed by atoms with Gasteiger partial charge in [0.15, 0.2) is 0 Å². The summed E-state index contributed by atoms with van der Waals surface area (Å²) in [6.07, 6.45) is 1.44. The fourth-order valence-corrected chi connectivity index (χ4v) is 1.09. The monoisotopic (exact) mass is 235 g/mol. The number of nitrogens with two attached hydrogens (primary N) is 1. The van der Waals surface area contributed by atoms with E-state index in [0.29, 0.717) is 11.3 Å². The predicted molar refractivity (Wildman–Crippen MR) is 61.8 cm³/mol. The number of rotatable bonds is 5. The van der Waals surface area contributed by atoms with E-state index in [1.54, 1.807) is 18.2 Å². The van der Waals surface area contributed by atoms with Gasteiger partial charge in [0, 0.05) is 11.1 Å². The summed E-state index contributed by atoms with van der Waals surface area (Å²) in [5.74, 6) is -1.05. The molecule has 0 bridgehead atoms. The quantitative estimate of drug-likeness (QED) is 0.750. The predicted octanol–water partition coefficient (Wildman–Crippen LogP) is 1.20. The van der Waals surface area contributed by atoms with Gasteiger partial charge in [-0.2, -0.15) is 0 Å². The van der Waals surface area contributed by atoms with Gasteiger partial charge in [-0.3, -0.25) is 4.79 Å². The maximum Gasteiger partial charge on any atom is 0.331 e. The van der Waals surface area contributed by atoms with Crippen LogP contribution in [-0.2, 0) is 4.79 Å². The number of carboxylic acid groups (broad SMARTS) is 1. The van der Waals surface area contributed by atoms with Crippen molar-refractivity contribution in [2.45, 2.75) is 6.92 Å². The maximum absolute atomic E-state index is 10.9. The molecule has 5 heteroatoms. The van der Waals surface area contributed by atoms with Crippen molar-refractivity contribution in [3.05, 3.63) is 41.5 Å². The highest BCUT2D eigenvalue weighted by molar-refractivity contribution is 5.93. The second-order valence-corrected chi connectivity index (χ2v) is 3.40. The summed E-state index contributed by atoms with van der Waals surface area (Å²) in [5.41, 5.74) is 5.67. The van der Waals surface area contributed by atoms with E-state index >= 15 is 0 Å². The fourth-order valence-electron chi connectivity index (χ4n) is 1.09. The zero-order valence-corrected chi connectivity index (χ0v) is 9.34. The second kappa shape index (κ2) is 5.69. The Balaban J connectivity index is 2.64. The van der Waals surface area contributed by atoms with E-state index in [4.69, 9.17) is 15.6 Å². The molecule has 0 aliphatic heterocycles. The van der Waals surface area contributed by atoms with Gasteiger partial charge in [-0.25, -0.2) is 4.79 Å².